The average molecular weight is 399 g/mol. The maximum Gasteiger partial charge on any atom is 0.211 e. The number of pyridine rings is 1. The SMILES string of the molecule is CCCS(=O)(=O)NCC(c1cccnc1)S(=O)(=O)c1ccc(OC)cc1. The highest BCUT2D eigenvalue weighted by Crippen LogP contribution is 2.29. The van der Waals surface area contributed by atoms with Gasteiger partial charge in [0.25, 0.3) is 0 Å². The van der Waals surface area contributed by atoms with Crippen LogP contribution in [0.25, 0.3) is 0 Å². The van der Waals surface area contributed by atoms with Crippen molar-refractivity contribution in [3.63, 3.8) is 0 Å². The lowest BCUT2D eigenvalue weighted by atomic mass is 10.2. The molecule has 1 atom stereocenters. The van der Waals surface area contributed by atoms with Gasteiger partial charge in [-0.15, -0.1) is 0 Å². The molecule has 0 radical (unpaired) electrons. The molecule has 0 amide bonds. The minimum atomic E-state index is -3.84. The van der Waals surface area contributed by atoms with Crippen molar-refractivity contribution < 1.29 is 21.6 Å². The summed E-state index contributed by atoms with van der Waals surface area (Å²) >= 11 is 0. The van der Waals surface area contributed by atoms with Gasteiger partial charge in [0.2, 0.25) is 10.0 Å². The molecular weight excluding hydrogens is 376 g/mol. The highest BCUT2D eigenvalue weighted by molar-refractivity contribution is 7.92. The second-order valence-corrected chi connectivity index (χ2v) is 9.72. The van der Waals surface area contributed by atoms with Crippen molar-refractivity contribution in [1.29, 1.82) is 0 Å². The smallest absolute Gasteiger partial charge is 0.211 e. The molecule has 0 aliphatic heterocycles. The summed E-state index contributed by atoms with van der Waals surface area (Å²) in [5.74, 6) is 0.473. The van der Waals surface area contributed by atoms with E-state index in [9.17, 15) is 16.8 Å². The van der Waals surface area contributed by atoms with Crippen molar-refractivity contribution in [3.8, 4) is 5.75 Å². The zero-order valence-corrected chi connectivity index (χ0v) is 16.3. The molecule has 0 aliphatic rings. The van der Waals surface area contributed by atoms with Crippen LogP contribution in [0.15, 0.2) is 53.7 Å². The van der Waals surface area contributed by atoms with Gasteiger partial charge in [-0.2, -0.15) is 0 Å². The number of aromatic nitrogens is 1. The molecule has 0 aliphatic carbocycles. The van der Waals surface area contributed by atoms with Crippen LogP contribution in [0.2, 0.25) is 0 Å². The van der Waals surface area contributed by atoms with Gasteiger partial charge in [-0.25, -0.2) is 21.6 Å². The molecule has 2 rings (SSSR count). The molecule has 1 aromatic carbocycles. The summed E-state index contributed by atoms with van der Waals surface area (Å²) in [6.45, 7) is 1.48. The molecule has 9 heteroatoms. The van der Waals surface area contributed by atoms with Crippen LogP contribution in [0, 0.1) is 0 Å². The van der Waals surface area contributed by atoms with E-state index < -0.39 is 25.1 Å². The van der Waals surface area contributed by atoms with Crippen LogP contribution < -0.4 is 9.46 Å². The van der Waals surface area contributed by atoms with Crippen molar-refractivity contribution in [1.82, 2.24) is 9.71 Å². The predicted octanol–water partition coefficient (Wildman–Crippen LogP) is 1.93. The Labute approximate surface area is 154 Å². The van der Waals surface area contributed by atoms with Crippen molar-refractivity contribution >= 4 is 19.9 Å². The van der Waals surface area contributed by atoms with Crippen LogP contribution in [0.5, 0.6) is 5.75 Å². The number of ether oxygens (including phenoxy) is 1. The molecule has 1 heterocycles. The van der Waals surface area contributed by atoms with E-state index in [1.54, 1.807) is 31.2 Å². The van der Waals surface area contributed by atoms with Crippen LogP contribution in [-0.4, -0.2) is 41.2 Å². The summed E-state index contributed by atoms with van der Waals surface area (Å²) in [6, 6.07) is 9.22. The van der Waals surface area contributed by atoms with Crippen LogP contribution >= 0.6 is 0 Å². The molecule has 2 aromatic rings. The van der Waals surface area contributed by atoms with Crippen molar-refractivity contribution in [2.45, 2.75) is 23.5 Å². The lowest BCUT2D eigenvalue weighted by molar-refractivity contribution is 0.414. The quantitative estimate of drug-likeness (QED) is 0.692. The number of nitrogens with zero attached hydrogens (tertiary/aromatic N) is 1. The van der Waals surface area contributed by atoms with Crippen molar-refractivity contribution in [2.75, 3.05) is 19.4 Å². The second-order valence-electron chi connectivity index (χ2n) is 5.66. The minimum absolute atomic E-state index is 0.0602. The van der Waals surface area contributed by atoms with Crippen LogP contribution in [0.3, 0.4) is 0 Å². The Morgan fingerprint density at radius 1 is 1.12 bits per heavy atom. The average Bonchev–Trinajstić information content (AvgIpc) is 2.62. The fourth-order valence-corrected chi connectivity index (χ4v) is 5.30. The maximum absolute atomic E-state index is 13.1. The Morgan fingerprint density at radius 3 is 2.35 bits per heavy atom. The number of benzene rings is 1. The van der Waals surface area contributed by atoms with Crippen LogP contribution in [-0.2, 0) is 19.9 Å². The van der Waals surface area contributed by atoms with E-state index in [1.807, 2.05) is 0 Å². The third kappa shape index (κ3) is 5.03. The molecule has 142 valence electrons. The minimum Gasteiger partial charge on any atom is -0.497 e. The third-order valence-electron chi connectivity index (χ3n) is 3.78. The van der Waals surface area contributed by atoms with Gasteiger partial charge in [-0.3, -0.25) is 4.98 Å². The molecule has 0 saturated heterocycles. The van der Waals surface area contributed by atoms with Gasteiger partial charge in [0.1, 0.15) is 11.0 Å². The number of sulfone groups is 1. The normalized spacial score (nSPS) is 13.3. The summed E-state index contributed by atoms with van der Waals surface area (Å²) in [5, 5.41) is -1.09. The van der Waals surface area contributed by atoms with Gasteiger partial charge < -0.3 is 4.74 Å². The van der Waals surface area contributed by atoms with E-state index in [-0.39, 0.29) is 17.2 Å². The topological polar surface area (TPSA) is 102 Å². The summed E-state index contributed by atoms with van der Waals surface area (Å²) < 4.78 is 57.6. The van der Waals surface area contributed by atoms with E-state index >= 15 is 0 Å². The largest absolute Gasteiger partial charge is 0.497 e. The van der Waals surface area contributed by atoms with Crippen LogP contribution in [0.1, 0.15) is 24.2 Å². The summed E-state index contributed by atoms with van der Waals surface area (Å²) in [5.41, 5.74) is 0.419. The van der Waals surface area contributed by atoms with Gasteiger partial charge in [0, 0.05) is 18.9 Å². The zero-order valence-electron chi connectivity index (χ0n) is 14.6. The second kappa shape index (κ2) is 8.61. The van der Waals surface area contributed by atoms with E-state index in [0.29, 0.717) is 17.7 Å². The first kappa shape index (κ1) is 20.3. The molecular formula is C17H22N2O5S2. The molecule has 0 spiro atoms. The Kier molecular flexibility index (Phi) is 6.74. The summed E-state index contributed by atoms with van der Waals surface area (Å²) in [6.07, 6.45) is 3.40. The lowest BCUT2D eigenvalue weighted by Crippen LogP contribution is -2.33. The Bertz CT molecular complexity index is 911. The Morgan fingerprint density at radius 2 is 1.81 bits per heavy atom. The fraction of sp³-hybridized carbons (Fsp3) is 0.353. The monoisotopic (exact) mass is 398 g/mol. The molecule has 0 saturated carbocycles. The molecule has 7 nitrogen and oxygen atoms in total. The highest BCUT2D eigenvalue weighted by atomic mass is 32.2. The maximum atomic E-state index is 13.1. The number of hydrogen-bond donors (Lipinski definition) is 1. The lowest BCUT2D eigenvalue weighted by Gasteiger charge is -2.19. The highest BCUT2D eigenvalue weighted by Gasteiger charge is 2.30. The third-order valence-corrected chi connectivity index (χ3v) is 7.45. The molecule has 26 heavy (non-hydrogen) atoms. The molecule has 1 N–H and O–H groups in total. The Balaban J connectivity index is 2.39. The van der Waals surface area contributed by atoms with Gasteiger partial charge in [0.05, 0.1) is 17.8 Å². The fourth-order valence-electron chi connectivity index (χ4n) is 2.45. The van der Waals surface area contributed by atoms with E-state index in [2.05, 4.69) is 9.71 Å². The van der Waals surface area contributed by atoms with Crippen molar-refractivity contribution in [3.05, 3.63) is 54.4 Å². The number of rotatable bonds is 9. The zero-order chi connectivity index (χ0) is 19.2. The van der Waals surface area contributed by atoms with Crippen molar-refractivity contribution in [2.24, 2.45) is 0 Å². The molecule has 0 fully saturated rings. The number of sulfonamides is 1. The first-order chi connectivity index (χ1) is 12.3. The number of hydrogen-bond acceptors (Lipinski definition) is 6. The van der Waals surface area contributed by atoms with E-state index in [1.165, 1.54) is 31.6 Å². The molecule has 1 unspecified atom stereocenters. The van der Waals surface area contributed by atoms with Gasteiger partial charge in [-0.1, -0.05) is 13.0 Å². The number of nitrogens with one attached hydrogen (secondary N) is 1. The molecule has 1 aromatic heterocycles. The summed E-state index contributed by atoms with van der Waals surface area (Å²) in [7, 11) is -5.89. The predicted molar refractivity (Wildman–Crippen MR) is 99.2 cm³/mol. The standard InChI is InChI=1S/C17H22N2O5S2/c1-3-11-25(20,21)19-13-17(14-5-4-10-18-12-14)26(22,23)16-8-6-15(24-2)7-9-16/h4-10,12,17,19H,3,11,13H2,1-2H3. The number of methoxy groups -OCH3 is 1. The van der Waals surface area contributed by atoms with E-state index in [4.69, 9.17) is 4.74 Å². The molecule has 0 bridgehead atoms. The first-order valence-corrected chi connectivity index (χ1v) is 11.2. The van der Waals surface area contributed by atoms with Crippen LogP contribution in [0.4, 0.5) is 0 Å². The van der Waals surface area contributed by atoms with E-state index in [0.717, 1.165) is 0 Å². The first-order valence-electron chi connectivity index (χ1n) is 8.05. The van der Waals surface area contributed by atoms with Gasteiger partial charge >= 0.3 is 0 Å². The van der Waals surface area contributed by atoms with Gasteiger partial charge in [0.15, 0.2) is 9.84 Å². The Hall–Kier alpha value is -1.97. The van der Waals surface area contributed by atoms with Gasteiger partial charge in [-0.05, 0) is 42.3 Å². The summed E-state index contributed by atoms with van der Waals surface area (Å²) in [4.78, 5) is 4.04.